The quantitative estimate of drug-likeness (QED) is 0.852. The van der Waals surface area contributed by atoms with Crippen LogP contribution in [0.4, 0.5) is 13.2 Å². The van der Waals surface area contributed by atoms with E-state index in [-0.39, 0.29) is 12.2 Å². The normalized spacial score (nSPS) is 12.5. The number of aliphatic hydroxyl groups is 1. The third-order valence-electron chi connectivity index (χ3n) is 2.82. The molecular weight excluding hydrogens is 349 g/mol. The molecular formula is C15H12BrF3O2. The SMILES string of the molecule is OC(Cc1cc(F)cc(Br)c1)c1cccc(OC(F)F)c1. The van der Waals surface area contributed by atoms with E-state index in [4.69, 9.17) is 0 Å². The first-order chi connectivity index (χ1) is 9.94. The summed E-state index contributed by atoms with van der Waals surface area (Å²) >= 11 is 3.17. The average molecular weight is 361 g/mol. The van der Waals surface area contributed by atoms with Gasteiger partial charge in [0.1, 0.15) is 11.6 Å². The van der Waals surface area contributed by atoms with E-state index in [0.717, 1.165) is 0 Å². The third kappa shape index (κ3) is 4.75. The molecule has 0 aliphatic carbocycles. The minimum absolute atomic E-state index is 0.0260. The lowest BCUT2D eigenvalue weighted by atomic mass is 10.0. The van der Waals surface area contributed by atoms with E-state index >= 15 is 0 Å². The van der Waals surface area contributed by atoms with Crippen molar-refractivity contribution in [1.29, 1.82) is 0 Å². The monoisotopic (exact) mass is 360 g/mol. The van der Waals surface area contributed by atoms with Gasteiger partial charge in [-0.3, -0.25) is 0 Å². The van der Waals surface area contributed by atoms with Crippen LogP contribution < -0.4 is 4.74 Å². The first-order valence-electron chi connectivity index (χ1n) is 6.12. The molecule has 0 saturated carbocycles. The fourth-order valence-electron chi connectivity index (χ4n) is 1.97. The average Bonchev–Trinajstić information content (AvgIpc) is 2.36. The summed E-state index contributed by atoms with van der Waals surface area (Å²) in [4.78, 5) is 0. The van der Waals surface area contributed by atoms with Crippen molar-refractivity contribution in [3.63, 3.8) is 0 Å². The molecule has 2 nitrogen and oxygen atoms in total. The molecule has 0 heterocycles. The van der Waals surface area contributed by atoms with Crippen molar-refractivity contribution in [2.45, 2.75) is 19.1 Å². The van der Waals surface area contributed by atoms with Crippen molar-refractivity contribution in [1.82, 2.24) is 0 Å². The maximum Gasteiger partial charge on any atom is 0.387 e. The Morgan fingerprint density at radius 1 is 1.14 bits per heavy atom. The fourth-order valence-corrected chi connectivity index (χ4v) is 2.48. The van der Waals surface area contributed by atoms with Gasteiger partial charge < -0.3 is 9.84 Å². The van der Waals surface area contributed by atoms with Crippen LogP contribution in [0.5, 0.6) is 5.75 Å². The van der Waals surface area contributed by atoms with Gasteiger partial charge >= 0.3 is 6.61 Å². The van der Waals surface area contributed by atoms with Crippen LogP contribution in [-0.4, -0.2) is 11.7 Å². The van der Waals surface area contributed by atoms with Crippen LogP contribution in [0.3, 0.4) is 0 Å². The van der Waals surface area contributed by atoms with E-state index in [1.165, 1.54) is 30.3 Å². The number of halogens is 4. The zero-order chi connectivity index (χ0) is 15.4. The first kappa shape index (κ1) is 15.9. The molecule has 2 aromatic carbocycles. The summed E-state index contributed by atoms with van der Waals surface area (Å²) in [6.07, 6.45) is -0.783. The highest BCUT2D eigenvalue weighted by Gasteiger charge is 2.12. The van der Waals surface area contributed by atoms with E-state index < -0.39 is 18.5 Å². The van der Waals surface area contributed by atoms with Gasteiger partial charge in [0.2, 0.25) is 0 Å². The Morgan fingerprint density at radius 3 is 2.57 bits per heavy atom. The van der Waals surface area contributed by atoms with Crippen molar-refractivity contribution < 1.29 is 23.0 Å². The van der Waals surface area contributed by atoms with Gasteiger partial charge in [0, 0.05) is 10.9 Å². The Bertz CT molecular complexity index is 599. The van der Waals surface area contributed by atoms with Crippen molar-refractivity contribution in [3.8, 4) is 5.75 Å². The maximum absolute atomic E-state index is 13.3. The largest absolute Gasteiger partial charge is 0.435 e. The molecule has 21 heavy (non-hydrogen) atoms. The van der Waals surface area contributed by atoms with Crippen molar-refractivity contribution in [2.75, 3.05) is 0 Å². The van der Waals surface area contributed by atoms with Gasteiger partial charge in [-0.2, -0.15) is 8.78 Å². The number of benzene rings is 2. The molecule has 2 aromatic rings. The predicted octanol–water partition coefficient (Wildman–Crippen LogP) is 4.47. The number of rotatable bonds is 5. The summed E-state index contributed by atoms with van der Waals surface area (Å²) in [6.45, 7) is -2.92. The van der Waals surface area contributed by atoms with Gasteiger partial charge in [0.05, 0.1) is 6.10 Å². The number of hydrogen-bond acceptors (Lipinski definition) is 2. The van der Waals surface area contributed by atoms with Crippen LogP contribution in [-0.2, 0) is 6.42 Å². The summed E-state index contributed by atoms with van der Waals surface area (Å²) in [5.74, 6) is -0.441. The van der Waals surface area contributed by atoms with E-state index in [1.807, 2.05) is 0 Å². The van der Waals surface area contributed by atoms with Crippen molar-refractivity contribution in [3.05, 3.63) is 63.9 Å². The van der Waals surface area contributed by atoms with Crippen LogP contribution >= 0.6 is 15.9 Å². The standard InChI is InChI=1S/C15H12BrF3O2/c16-11-4-9(5-12(17)8-11)6-14(20)10-2-1-3-13(7-10)21-15(18)19/h1-5,7-8,14-15,20H,6H2. The molecule has 0 bridgehead atoms. The second-order valence-corrected chi connectivity index (χ2v) is 5.36. The highest BCUT2D eigenvalue weighted by Crippen LogP contribution is 2.25. The molecule has 0 aliphatic rings. The Kier molecular flexibility index (Phi) is 5.25. The number of ether oxygens (including phenoxy) is 1. The number of aliphatic hydroxyl groups excluding tert-OH is 1. The third-order valence-corrected chi connectivity index (χ3v) is 3.28. The van der Waals surface area contributed by atoms with Crippen molar-refractivity contribution in [2.24, 2.45) is 0 Å². The first-order valence-corrected chi connectivity index (χ1v) is 6.91. The summed E-state index contributed by atoms with van der Waals surface area (Å²) in [5, 5.41) is 10.1. The molecule has 1 atom stereocenters. The molecule has 6 heteroatoms. The summed E-state index contributed by atoms with van der Waals surface area (Å²) in [5.41, 5.74) is 1.02. The maximum atomic E-state index is 13.3. The van der Waals surface area contributed by atoms with Gasteiger partial charge in [-0.05, 0) is 41.5 Å². The Labute approximate surface area is 128 Å². The van der Waals surface area contributed by atoms with Crippen molar-refractivity contribution >= 4 is 15.9 Å². The van der Waals surface area contributed by atoms with Crippen LogP contribution in [0.2, 0.25) is 0 Å². The zero-order valence-corrected chi connectivity index (χ0v) is 12.4. The number of alkyl halides is 2. The molecule has 0 aliphatic heterocycles. The summed E-state index contributed by atoms with van der Waals surface area (Å²) < 4.78 is 42.4. The topological polar surface area (TPSA) is 29.5 Å². The highest BCUT2D eigenvalue weighted by atomic mass is 79.9. The molecule has 0 saturated heterocycles. The van der Waals surface area contributed by atoms with E-state index in [1.54, 1.807) is 12.1 Å². The van der Waals surface area contributed by atoms with Gasteiger partial charge in [-0.1, -0.05) is 28.1 Å². The fraction of sp³-hybridized carbons (Fsp3) is 0.200. The second kappa shape index (κ2) is 6.95. The summed E-state index contributed by atoms with van der Waals surface area (Å²) in [6, 6.07) is 10.1. The van der Waals surface area contributed by atoms with Crippen LogP contribution in [0.1, 0.15) is 17.2 Å². The summed E-state index contributed by atoms with van der Waals surface area (Å²) in [7, 11) is 0. The Morgan fingerprint density at radius 2 is 1.90 bits per heavy atom. The van der Waals surface area contributed by atoms with Crippen LogP contribution in [0.15, 0.2) is 46.9 Å². The molecule has 0 aromatic heterocycles. The minimum atomic E-state index is -2.92. The molecule has 1 N–H and O–H groups in total. The molecule has 1 unspecified atom stereocenters. The van der Waals surface area contributed by atoms with E-state index in [9.17, 15) is 18.3 Å². The Hall–Kier alpha value is -1.53. The molecule has 0 fully saturated rings. The van der Waals surface area contributed by atoms with Gasteiger partial charge in [-0.25, -0.2) is 4.39 Å². The predicted molar refractivity (Wildman–Crippen MR) is 75.8 cm³/mol. The van der Waals surface area contributed by atoms with Gasteiger partial charge in [-0.15, -0.1) is 0 Å². The molecule has 112 valence electrons. The second-order valence-electron chi connectivity index (χ2n) is 4.45. The van der Waals surface area contributed by atoms with E-state index in [2.05, 4.69) is 20.7 Å². The van der Waals surface area contributed by atoms with E-state index in [0.29, 0.717) is 15.6 Å². The number of hydrogen-bond donors (Lipinski definition) is 1. The molecule has 2 rings (SSSR count). The molecule has 0 radical (unpaired) electrons. The highest BCUT2D eigenvalue weighted by molar-refractivity contribution is 9.10. The smallest absolute Gasteiger partial charge is 0.387 e. The Balaban J connectivity index is 2.14. The van der Waals surface area contributed by atoms with Crippen LogP contribution in [0.25, 0.3) is 0 Å². The lowest BCUT2D eigenvalue weighted by molar-refractivity contribution is -0.0499. The van der Waals surface area contributed by atoms with Crippen LogP contribution in [0, 0.1) is 5.82 Å². The lowest BCUT2D eigenvalue weighted by Crippen LogP contribution is -2.05. The van der Waals surface area contributed by atoms with Gasteiger partial charge in [0.25, 0.3) is 0 Å². The zero-order valence-electron chi connectivity index (χ0n) is 10.8. The minimum Gasteiger partial charge on any atom is -0.435 e. The lowest BCUT2D eigenvalue weighted by Gasteiger charge is -2.13. The van der Waals surface area contributed by atoms with Gasteiger partial charge in [0.15, 0.2) is 0 Å². The molecule has 0 amide bonds. The molecule has 0 spiro atoms.